The highest BCUT2D eigenvalue weighted by molar-refractivity contribution is 5.71. The molecular formula is C69H126O6. The SMILES string of the molecule is CCCCCCC/C=C\C/C=C\C/C=C\CCCCCCCCCCCCC(=O)OCC(COC(=O)CCCCCCCCCCCCC)OC(=O)CCCCCCCCCCC/C=C\CCCCCCCCCC. The molecule has 75 heavy (non-hydrogen) atoms. The van der Waals surface area contributed by atoms with Crippen LogP contribution >= 0.6 is 0 Å². The average Bonchev–Trinajstić information content (AvgIpc) is 3.41. The van der Waals surface area contributed by atoms with Crippen LogP contribution in [0.25, 0.3) is 0 Å². The maximum Gasteiger partial charge on any atom is 0.306 e. The van der Waals surface area contributed by atoms with Gasteiger partial charge in [0.15, 0.2) is 6.10 Å². The smallest absolute Gasteiger partial charge is 0.306 e. The monoisotopic (exact) mass is 1050 g/mol. The third kappa shape index (κ3) is 62.1. The molecule has 0 rings (SSSR count). The fourth-order valence-electron chi connectivity index (χ4n) is 9.80. The van der Waals surface area contributed by atoms with Crippen LogP contribution in [0.3, 0.4) is 0 Å². The van der Waals surface area contributed by atoms with Crippen LogP contribution in [-0.2, 0) is 28.6 Å². The van der Waals surface area contributed by atoms with Gasteiger partial charge in [0, 0.05) is 19.3 Å². The van der Waals surface area contributed by atoms with Crippen LogP contribution in [0.4, 0.5) is 0 Å². The summed E-state index contributed by atoms with van der Waals surface area (Å²) in [6.45, 7) is 6.67. The Morgan fingerprint density at radius 3 is 0.760 bits per heavy atom. The minimum Gasteiger partial charge on any atom is -0.462 e. The zero-order chi connectivity index (χ0) is 54.3. The summed E-state index contributed by atoms with van der Waals surface area (Å²) in [6, 6.07) is 0. The van der Waals surface area contributed by atoms with Crippen molar-refractivity contribution in [1.82, 2.24) is 0 Å². The molecule has 0 aliphatic heterocycles. The number of allylic oxidation sites excluding steroid dienone is 8. The molecule has 0 aliphatic carbocycles. The summed E-state index contributed by atoms with van der Waals surface area (Å²) >= 11 is 0. The summed E-state index contributed by atoms with van der Waals surface area (Å²) in [5.41, 5.74) is 0. The van der Waals surface area contributed by atoms with Crippen LogP contribution in [0.1, 0.15) is 355 Å². The van der Waals surface area contributed by atoms with Gasteiger partial charge in [-0.3, -0.25) is 14.4 Å². The average molecular weight is 1050 g/mol. The van der Waals surface area contributed by atoms with E-state index in [0.29, 0.717) is 19.3 Å². The van der Waals surface area contributed by atoms with Gasteiger partial charge in [-0.1, -0.05) is 301 Å². The molecule has 1 unspecified atom stereocenters. The summed E-state index contributed by atoms with van der Waals surface area (Å²) in [5, 5.41) is 0. The maximum atomic E-state index is 12.9. The zero-order valence-electron chi connectivity index (χ0n) is 50.3. The van der Waals surface area contributed by atoms with Gasteiger partial charge in [0.2, 0.25) is 0 Å². The molecular weight excluding hydrogens is 925 g/mol. The van der Waals surface area contributed by atoms with E-state index in [1.807, 2.05) is 0 Å². The van der Waals surface area contributed by atoms with E-state index >= 15 is 0 Å². The van der Waals surface area contributed by atoms with Gasteiger partial charge in [-0.25, -0.2) is 0 Å². The number of carbonyl (C=O) groups is 3. The number of esters is 3. The third-order valence-corrected chi connectivity index (χ3v) is 14.8. The van der Waals surface area contributed by atoms with Crippen molar-refractivity contribution in [3.63, 3.8) is 0 Å². The van der Waals surface area contributed by atoms with E-state index in [1.54, 1.807) is 0 Å². The molecule has 1 atom stereocenters. The van der Waals surface area contributed by atoms with Gasteiger partial charge in [-0.2, -0.15) is 0 Å². The third-order valence-electron chi connectivity index (χ3n) is 14.8. The van der Waals surface area contributed by atoms with Gasteiger partial charge < -0.3 is 14.2 Å². The topological polar surface area (TPSA) is 78.9 Å². The van der Waals surface area contributed by atoms with Crippen LogP contribution in [0.5, 0.6) is 0 Å². The van der Waals surface area contributed by atoms with Crippen molar-refractivity contribution in [2.75, 3.05) is 13.2 Å². The van der Waals surface area contributed by atoms with Gasteiger partial charge in [0.05, 0.1) is 0 Å². The van der Waals surface area contributed by atoms with E-state index < -0.39 is 6.10 Å². The number of hydrogen-bond donors (Lipinski definition) is 0. The van der Waals surface area contributed by atoms with E-state index in [0.717, 1.165) is 70.6 Å². The van der Waals surface area contributed by atoms with E-state index in [1.165, 1.54) is 244 Å². The molecule has 0 fully saturated rings. The molecule has 0 heterocycles. The summed E-state index contributed by atoms with van der Waals surface area (Å²) in [4.78, 5) is 38.3. The predicted octanol–water partition coefficient (Wildman–Crippen LogP) is 22.6. The van der Waals surface area contributed by atoms with Crippen LogP contribution in [0.2, 0.25) is 0 Å². The van der Waals surface area contributed by atoms with Gasteiger partial charge in [-0.05, 0) is 83.5 Å². The lowest BCUT2D eigenvalue weighted by molar-refractivity contribution is -0.167. The number of carbonyl (C=O) groups excluding carboxylic acids is 3. The highest BCUT2D eigenvalue weighted by Crippen LogP contribution is 2.17. The molecule has 6 heteroatoms. The molecule has 0 aromatic heterocycles. The normalized spacial score (nSPS) is 12.3. The molecule has 0 saturated heterocycles. The minimum absolute atomic E-state index is 0.0713. The minimum atomic E-state index is -0.774. The predicted molar refractivity (Wildman–Crippen MR) is 325 cm³/mol. The summed E-state index contributed by atoms with van der Waals surface area (Å²) < 4.78 is 16.9. The van der Waals surface area contributed by atoms with Gasteiger partial charge in [0.25, 0.3) is 0 Å². The van der Waals surface area contributed by atoms with Crippen molar-refractivity contribution in [3.05, 3.63) is 48.6 Å². The highest BCUT2D eigenvalue weighted by atomic mass is 16.6. The standard InChI is InChI=1S/C69H126O6/c1-4-7-10-13-16-19-22-24-26-28-30-32-33-34-35-37-38-40-42-44-47-50-53-56-59-62-68(71)74-65-66(64-73-67(70)61-58-55-52-49-46-21-18-15-12-9-6-3)75-69(72)63-60-57-54-51-48-45-43-41-39-36-31-29-27-25-23-20-17-14-11-8-5-2/h22,24,28-31,33-34,66H,4-21,23,25-27,32,35-65H2,1-3H3/b24-22-,30-28-,31-29-,34-33-. The Balaban J connectivity index is 4.25. The highest BCUT2D eigenvalue weighted by Gasteiger charge is 2.19. The fraction of sp³-hybridized carbons (Fsp3) is 0.841. The summed E-state index contributed by atoms with van der Waals surface area (Å²) in [7, 11) is 0. The second kappa shape index (κ2) is 63.9. The molecule has 0 spiro atoms. The number of hydrogen-bond acceptors (Lipinski definition) is 6. The molecule has 0 aromatic carbocycles. The lowest BCUT2D eigenvalue weighted by atomic mass is 10.0. The largest absolute Gasteiger partial charge is 0.462 e. The van der Waals surface area contributed by atoms with Crippen LogP contribution in [0.15, 0.2) is 48.6 Å². The summed E-state index contributed by atoms with van der Waals surface area (Å²) in [6.07, 6.45) is 79.8. The van der Waals surface area contributed by atoms with Crippen molar-refractivity contribution >= 4 is 17.9 Å². The molecule has 6 nitrogen and oxygen atoms in total. The molecule has 0 saturated carbocycles. The first-order valence-corrected chi connectivity index (χ1v) is 33.1. The molecule has 0 bridgehead atoms. The Bertz CT molecular complexity index is 1300. The lowest BCUT2D eigenvalue weighted by Gasteiger charge is -2.18. The molecule has 0 aliphatic rings. The van der Waals surface area contributed by atoms with E-state index in [9.17, 15) is 14.4 Å². The maximum absolute atomic E-state index is 12.9. The van der Waals surface area contributed by atoms with E-state index in [4.69, 9.17) is 14.2 Å². The van der Waals surface area contributed by atoms with Crippen molar-refractivity contribution < 1.29 is 28.6 Å². The number of ether oxygens (including phenoxy) is 3. The first-order chi connectivity index (χ1) is 37.0. The summed E-state index contributed by atoms with van der Waals surface area (Å²) in [5.74, 6) is -0.857. The zero-order valence-corrected chi connectivity index (χ0v) is 50.3. The fourth-order valence-corrected chi connectivity index (χ4v) is 9.80. The van der Waals surface area contributed by atoms with Crippen LogP contribution in [-0.4, -0.2) is 37.2 Å². The number of rotatable bonds is 61. The quantitative estimate of drug-likeness (QED) is 0.0261. The van der Waals surface area contributed by atoms with E-state index in [2.05, 4.69) is 69.4 Å². The van der Waals surface area contributed by atoms with Crippen molar-refractivity contribution in [2.24, 2.45) is 0 Å². The molecule has 0 N–H and O–H groups in total. The van der Waals surface area contributed by atoms with Crippen molar-refractivity contribution in [1.29, 1.82) is 0 Å². The van der Waals surface area contributed by atoms with Crippen LogP contribution < -0.4 is 0 Å². The van der Waals surface area contributed by atoms with Gasteiger partial charge >= 0.3 is 17.9 Å². The molecule has 0 aromatic rings. The Labute approximate surface area is 467 Å². The molecule has 0 amide bonds. The number of unbranched alkanes of at least 4 members (excludes halogenated alkanes) is 42. The van der Waals surface area contributed by atoms with Gasteiger partial charge in [-0.15, -0.1) is 0 Å². The van der Waals surface area contributed by atoms with Gasteiger partial charge in [0.1, 0.15) is 13.2 Å². The van der Waals surface area contributed by atoms with Crippen molar-refractivity contribution in [3.8, 4) is 0 Å². The first-order valence-electron chi connectivity index (χ1n) is 33.1. The van der Waals surface area contributed by atoms with E-state index in [-0.39, 0.29) is 31.1 Å². The second-order valence-corrected chi connectivity index (χ2v) is 22.4. The Kier molecular flexibility index (Phi) is 61.7. The Hall–Kier alpha value is -2.63. The van der Waals surface area contributed by atoms with Crippen LogP contribution in [0, 0.1) is 0 Å². The first kappa shape index (κ1) is 72.4. The molecule has 438 valence electrons. The Morgan fingerprint density at radius 2 is 0.480 bits per heavy atom. The molecule has 0 radical (unpaired) electrons. The van der Waals surface area contributed by atoms with Crippen molar-refractivity contribution in [2.45, 2.75) is 361 Å². The Morgan fingerprint density at radius 1 is 0.267 bits per heavy atom. The second-order valence-electron chi connectivity index (χ2n) is 22.4. The lowest BCUT2D eigenvalue weighted by Crippen LogP contribution is -2.30.